The largest absolute Gasteiger partial charge is 0.372 e. The first-order chi connectivity index (χ1) is 6.43. The van der Waals surface area contributed by atoms with E-state index in [1.54, 1.807) is 14.1 Å². The molecular weight excluding hydrogens is 187 g/mol. The van der Waals surface area contributed by atoms with Gasteiger partial charge in [-0.3, -0.25) is 10.1 Å². The van der Waals surface area contributed by atoms with Crippen LogP contribution in [0.3, 0.4) is 0 Å². The molecule has 0 N–H and O–H groups in total. The van der Waals surface area contributed by atoms with E-state index in [4.69, 9.17) is 0 Å². The van der Waals surface area contributed by atoms with Crippen molar-refractivity contribution in [1.82, 2.24) is 0 Å². The molecule has 0 unspecified atom stereocenters. The van der Waals surface area contributed by atoms with Crippen LogP contribution in [0.5, 0.6) is 0 Å². The molecular formula is C9H11FN2O2. The maximum atomic E-state index is 13.0. The average Bonchev–Trinajstić information content (AvgIpc) is 2.01. The smallest absolute Gasteiger partial charge is 0.295 e. The van der Waals surface area contributed by atoms with Gasteiger partial charge in [-0.05, 0) is 13.0 Å². The van der Waals surface area contributed by atoms with E-state index in [1.807, 2.05) is 0 Å². The molecule has 0 fully saturated rings. The Morgan fingerprint density at radius 2 is 2.00 bits per heavy atom. The van der Waals surface area contributed by atoms with Crippen LogP contribution in [0.2, 0.25) is 0 Å². The van der Waals surface area contributed by atoms with Gasteiger partial charge >= 0.3 is 0 Å². The third-order valence-electron chi connectivity index (χ3n) is 1.91. The summed E-state index contributed by atoms with van der Waals surface area (Å²) in [6, 6.07) is 2.32. The number of rotatable bonds is 2. The third-order valence-corrected chi connectivity index (χ3v) is 1.91. The highest BCUT2D eigenvalue weighted by molar-refractivity contribution is 5.66. The van der Waals surface area contributed by atoms with Gasteiger partial charge in [0.2, 0.25) is 0 Å². The monoisotopic (exact) mass is 198 g/mol. The number of hydrogen-bond acceptors (Lipinski definition) is 3. The molecule has 1 aromatic carbocycles. The highest BCUT2D eigenvalue weighted by Crippen LogP contribution is 2.30. The molecule has 0 saturated heterocycles. The van der Waals surface area contributed by atoms with Crippen molar-refractivity contribution in [2.45, 2.75) is 6.92 Å². The van der Waals surface area contributed by atoms with Crippen molar-refractivity contribution in [3.05, 3.63) is 33.6 Å². The molecule has 1 aromatic rings. The fourth-order valence-electron chi connectivity index (χ4n) is 1.30. The highest BCUT2D eigenvalue weighted by atomic mass is 19.1. The minimum Gasteiger partial charge on any atom is -0.372 e. The van der Waals surface area contributed by atoms with Crippen molar-refractivity contribution in [2.24, 2.45) is 0 Å². The van der Waals surface area contributed by atoms with E-state index in [9.17, 15) is 14.5 Å². The van der Waals surface area contributed by atoms with E-state index < -0.39 is 10.7 Å². The van der Waals surface area contributed by atoms with Crippen LogP contribution in [0, 0.1) is 22.9 Å². The Morgan fingerprint density at radius 3 is 2.43 bits per heavy atom. The summed E-state index contributed by atoms with van der Waals surface area (Å²) in [6.07, 6.45) is 0. The summed E-state index contributed by atoms with van der Waals surface area (Å²) in [5.74, 6) is -0.461. The normalized spacial score (nSPS) is 10.0. The maximum Gasteiger partial charge on any atom is 0.295 e. The number of anilines is 1. The first kappa shape index (κ1) is 10.4. The Hall–Kier alpha value is -1.65. The number of benzene rings is 1. The summed E-state index contributed by atoms with van der Waals surface area (Å²) in [7, 11) is 3.28. The second kappa shape index (κ2) is 3.61. The van der Waals surface area contributed by atoms with E-state index in [2.05, 4.69) is 0 Å². The number of nitrogens with zero attached hydrogens (tertiary/aromatic N) is 2. The van der Waals surface area contributed by atoms with Gasteiger partial charge in [-0.1, -0.05) is 0 Å². The standard InChI is InChI=1S/C9H11FN2O2/c1-6-4-7(10)5-8(11(2)3)9(6)12(13)14/h4-5H,1-3H3. The predicted molar refractivity (Wildman–Crippen MR) is 52.1 cm³/mol. The maximum absolute atomic E-state index is 13.0. The minimum absolute atomic E-state index is 0.0450. The topological polar surface area (TPSA) is 46.4 Å². The molecule has 0 aliphatic rings. The minimum atomic E-state index is -0.496. The molecule has 0 radical (unpaired) electrons. The van der Waals surface area contributed by atoms with Crippen molar-refractivity contribution in [3.63, 3.8) is 0 Å². The van der Waals surface area contributed by atoms with Crippen molar-refractivity contribution in [2.75, 3.05) is 19.0 Å². The molecule has 5 heteroatoms. The first-order valence-corrected chi connectivity index (χ1v) is 4.05. The summed E-state index contributed by atoms with van der Waals surface area (Å²) in [5, 5.41) is 10.7. The average molecular weight is 198 g/mol. The number of nitro benzene ring substituents is 1. The Bertz CT molecular complexity index is 377. The molecule has 0 spiro atoms. The Balaban J connectivity index is 3.44. The van der Waals surface area contributed by atoms with Gasteiger partial charge in [-0.2, -0.15) is 0 Å². The lowest BCUT2D eigenvalue weighted by Gasteiger charge is -2.13. The van der Waals surface area contributed by atoms with E-state index in [0.717, 1.165) is 12.1 Å². The lowest BCUT2D eigenvalue weighted by Crippen LogP contribution is -2.12. The quantitative estimate of drug-likeness (QED) is 0.540. The zero-order chi connectivity index (χ0) is 10.9. The van der Waals surface area contributed by atoms with Crippen molar-refractivity contribution in [3.8, 4) is 0 Å². The van der Waals surface area contributed by atoms with Crippen LogP contribution < -0.4 is 4.90 Å². The molecule has 0 aliphatic heterocycles. The summed E-state index contributed by atoms with van der Waals surface area (Å²) < 4.78 is 13.0. The number of aryl methyl sites for hydroxylation is 1. The molecule has 0 saturated carbocycles. The predicted octanol–water partition coefficient (Wildman–Crippen LogP) is 2.11. The zero-order valence-corrected chi connectivity index (χ0v) is 8.24. The van der Waals surface area contributed by atoms with Crippen LogP contribution in [0.1, 0.15) is 5.56 Å². The molecule has 0 bridgehead atoms. The van der Waals surface area contributed by atoms with Crippen LogP contribution in [-0.2, 0) is 0 Å². The summed E-state index contributed by atoms with van der Waals surface area (Å²) in [5.41, 5.74) is 0.572. The fraction of sp³-hybridized carbons (Fsp3) is 0.333. The lowest BCUT2D eigenvalue weighted by atomic mass is 10.1. The van der Waals surface area contributed by atoms with E-state index >= 15 is 0 Å². The van der Waals surface area contributed by atoms with Gasteiger partial charge in [0.05, 0.1) is 4.92 Å². The van der Waals surface area contributed by atoms with Crippen molar-refractivity contribution >= 4 is 11.4 Å². The number of hydrogen-bond donors (Lipinski definition) is 0. The summed E-state index contributed by atoms with van der Waals surface area (Å²) >= 11 is 0. The molecule has 0 amide bonds. The van der Waals surface area contributed by atoms with Crippen molar-refractivity contribution < 1.29 is 9.31 Å². The summed E-state index contributed by atoms with van der Waals surface area (Å²) in [4.78, 5) is 11.7. The van der Waals surface area contributed by atoms with Crippen LogP contribution in [0.4, 0.5) is 15.8 Å². The lowest BCUT2D eigenvalue weighted by molar-refractivity contribution is -0.384. The molecule has 0 aliphatic carbocycles. The molecule has 0 heterocycles. The number of nitro groups is 1. The molecule has 14 heavy (non-hydrogen) atoms. The highest BCUT2D eigenvalue weighted by Gasteiger charge is 2.19. The Labute approximate surface area is 81.1 Å². The van der Waals surface area contributed by atoms with Gasteiger partial charge in [0, 0.05) is 25.7 Å². The van der Waals surface area contributed by atoms with Crippen LogP contribution >= 0.6 is 0 Å². The Kier molecular flexibility index (Phi) is 2.69. The molecule has 0 aromatic heterocycles. The zero-order valence-electron chi connectivity index (χ0n) is 8.24. The fourth-order valence-corrected chi connectivity index (χ4v) is 1.30. The van der Waals surface area contributed by atoms with Crippen LogP contribution in [0.15, 0.2) is 12.1 Å². The van der Waals surface area contributed by atoms with E-state index in [1.165, 1.54) is 11.8 Å². The van der Waals surface area contributed by atoms with Gasteiger partial charge < -0.3 is 4.90 Å². The van der Waals surface area contributed by atoms with E-state index in [-0.39, 0.29) is 11.4 Å². The molecule has 1 rings (SSSR count). The van der Waals surface area contributed by atoms with Gasteiger partial charge in [0.15, 0.2) is 0 Å². The SMILES string of the molecule is Cc1cc(F)cc(N(C)C)c1[N+](=O)[O-]. The summed E-state index contributed by atoms with van der Waals surface area (Å²) in [6.45, 7) is 1.52. The van der Waals surface area contributed by atoms with Crippen LogP contribution in [0.25, 0.3) is 0 Å². The van der Waals surface area contributed by atoms with Gasteiger partial charge in [0.25, 0.3) is 5.69 Å². The van der Waals surface area contributed by atoms with E-state index in [0.29, 0.717) is 5.56 Å². The molecule has 0 atom stereocenters. The van der Waals surface area contributed by atoms with Gasteiger partial charge in [-0.25, -0.2) is 4.39 Å². The third kappa shape index (κ3) is 1.81. The molecule has 4 nitrogen and oxygen atoms in total. The number of halogens is 1. The first-order valence-electron chi connectivity index (χ1n) is 4.05. The van der Waals surface area contributed by atoms with Gasteiger partial charge in [-0.15, -0.1) is 0 Å². The Morgan fingerprint density at radius 1 is 1.43 bits per heavy atom. The second-order valence-corrected chi connectivity index (χ2v) is 3.24. The van der Waals surface area contributed by atoms with Crippen LogP contribution in [-0.4, -0.2) is 19.0 Å². The van der Waals surface area contributed by atoms with Crippen molar-refractivity contribution in [1.29, 1.82) is 0 Å². The second-order valence-electron chi connectivity index (χ2n) is 3.24. The molecule has 76 valence electrons. The van der Waals surface area contributed by atoms with Gasteiger partial charge in [0.1, 0.15) is 11.5 Å².